The van der Waals surface area contributed by atoms with Crippen molar-refractivity contribution in [2.24, 2.45) is 0 Å². The number of rotatable bonds is 62. The summed E-state index contributed by atoms with van der Waals surface area (Å²) in [6, 6.07) is 0. The minimum Gasteiger partial charge on any atom is -0.462 e. The van der Waals surface area contributed by atoms with Crippen molar-refractivity contribution in [3.05, 3.63) is 48.6 Å². The molecule has 458 valence electrons. The molecule has 0 amide bonds. The lowest BCUT2D eigenvalue weighted by molar-refractivity contribution is -0.870. The fourth-order valence-electron chi connectivity index (χ4n) is 9.67. The van der Waals surface area contributed by atoms with Crippen molar-refractivity contribution in [1.29, 1.82) is 0 Å². The van der Waals surface area contributed by atoms with E-state index in [1.807, 2.05) is 21.1 Å². The molecular formula is C68H129NO8P+. The summed E-state index contributed by atoms with van der Waals surface area (Å²) >= 11 is 0. The van der Waals surface area contributed by atoms with E-state index >= 15 is 0 Å². The van der Waals surface area contributed by atoms with E-state index in [1.165, 1.54) is 244 Å². The van der Waals surface area contributed by atoms with E-state index in [0.29, 0.717) is 23.9 Å². The highest BCUT2D eigenvalue weighted by molar-refractivity contribution is 7.47. The highest BCUT2D eigenvalue weighted by Gasteiger charge is 2.27. The SMILES string of the molecule is CCCCCCC/C=C\C/C=C\CCCCCCCCCCCCCCCCCCCC(=O)OC(COC(=O)CCCCCCCCCCCCCCC/C=C\C/C=C\CCCCCCC)COP(=O)(O)OCC[N+](C)(C)C. The third-order valence-corrected chi connectivity index (χ3v) is 15.8. The molecule has 10 heteroatoms. The van der Waals surface area contributed by atoms with Crippen LogP contribution in [-0.2, 0) is 32.7 Å². The summed E-state index contributed by atoms with van der Waals surface area (Å²) in [5, 5.41) is 0. The van der Waals surface area contributed by atoms with Crippen LogP contribution in [-0.4, -0.2) is 74.9 Å². The molecule has 2 unspecified atom stereocenters. The van der Waals surface area contributed by atoms with Gasteiger partial charge in [0.25, 0.3) is 0 Å². The van der Waals surface area contributed by atoms with Gasteiger partial charge in [0, 0.05) is 12.8 Å². The molecule has 0 heterocycles. The lowest BCUT2D eigenvalue weighted by Gasteiger charge is -2.24. The molecule has 0 rings (SSSR count). The third-order valence-electron chi connectivity index (χ3n) is 14.8. The average molecular weight is 1120 g/mol. The zero-order chi connectivity index (χ0) is 57.0. The molecular weight excluding hydrogens is 990 g/mol. The van der Waals surface area contributed by atoms with Gasteiger partial charge in [0.1, 0.15) is 19.8 Å². The number of hydrogen-bond donors (Lipinski definition) is 1. The second-order valence-corrected chi connectivity index (χ2v) is 25.3. The van der Waals surface area contributed by atoms with Crippen molar-refractivity contribution in [3.63, 3.8) is 0 Å². The highest BCUT2D eigenvalue weighted by atomic mass is 31.2. The van der Waals surface area contributed by atoms with E-state index in [2.05, 4.69) is 62.5 Å². The van der Waals surface area contributed by atoms with Crippen molar-refractivity contribution < 1.29 is 42.1 Å². The maximum absolute atomic E-state index is 12.9. The molecule has 0 aromatic heterocycles. The van der Waals surface area contributed by atoms with Crippen molar-refractivity contribution in [2.45, 2.75) is 328 Å². The van der Waals surface area contributed by atoms with Gasteiger partial charge in [0.05, 0.1) is 27.7 Å². The predicted molar refractivity (Wildman–Crippen MR) is 335 cm³/mol. The van der Waals surface area contributed by atoms with Crippen molar-refractivity contribution in [3.8, 4) is 0 Å². The standard InChI is InChI=1S/C68H128NO8P/c1-6-8-10-12-14-16-18-20-22-24-26-28-30-32-33-34-35-37-39-41-43-45-47-49-51-53-55-57-59-61-68(71)77-66(65-76-78(72,73)75-63-62-69(3,4)5)64-74-67(70)60-58-56-54-52-50-48-46-44-42-40-38-36-31-29-27-25-23-21-19-17-15-13-11-9-7-2/h18-21,24-27,66H,6-17,22-23,28-65H2,1-5H3/p+1/b20-18-,21-19-,26-24-,27-25-. The first-order chi connectivity index (χ1) is 38.0. The number of unbranched alkanes of at least 4 members (excludes halogenated alkanes) is 40. The van der Waals surface area contributed by atoms with Gasteiger partial charge in [-0.3, -0.25) is 18.6 Å². The van der Waals surface area contributed by atoms with Crippen LogP contribution >= 0.6 is 7.82 Å². The topological polar surface area (TPSA) is 108 Å². The Morgan fingerprint density at radius 1 is 0.397 bits per heavy atom. The number of phosphoric acid groups is 1. The fourth-order valence-corrected chi connectivity index (χ4v) is 10.4. The number of esters is 2. The van der Waals surface area contributed by atoms with Crippen LogP contribution in [0.25, 0.3) is 0 Å². The van der Waals surface area contributed by atoms with Crippen molar-refractivity contribution in [2.75, 3.05) is 47.5 Å². The van der Waals surface area contributed by atoms with Gasteiger partial charge in [-0.05, 0) is 77.0 Å². The molecule has 0 saturated heterocycles. The lowest BCUT2D eigenvalue weighted by atomic mass is 10.0. The Morgan fingerprint density at radius 2 is 0.692 bits per heavy atom. The molecule has 2 atom stereocenters. The first-order valence-electron chi connectivity index (χ1n) is 33.4. The van der Waals surface area contributed by atoms with Gasteiger partial charge < -0.3 is 18.9 Å². The number of nitrogens with zero attached hydrogens (tertiary/aromatic N) is 1. The molecule has 78 heavy (non-hydrogen) atoms. The van der Waals surface area contributed by atoms with E-state index in [0.717, 1.165) is 44.9 Å². The van der Waals surface area contributed by atoms with E-state index < -0.39 is 26.5 Å². The van der Waals surface area contributed by atoms with Crippen LogP contribution < -0.4 is 0 Å². The van der Waals surface area contributed by atoms with Gasteiger partial charge in [0.15, 0.2) is 6.10 Å². The van der Waals surface area contributed by atoms with Crippen LogP contribution in [0.2, 0.25) is 0 Å². The summed E-state index contributed by atoms with van der Waals surface area (Å²) in [4.78, 5) is 35.8. The van der Waals surface area contributed by atoms with E-state index in [9.17, 15) is 19.0 Å². The monoisotopic (exact) mass is 1120 g/mol. The molecule has 9 nitrogen and oxygen atoms in total. The Labute approximate surface area is 484 Å². The molecule has 0 saturated carbocycles. The Hall–Kier alpha value is -2.03. The summed E-state index contributed by atoms with van der Waals surface area (Å²) in [7, 11) is 1.49. The van der Waals surface area contributed by atoms with Gasteiger partial charge in [-0.25, -0.2) is 4.57 Å². The maximum atomic E-state index is 12.9. The van der Waals surface area contributed by atoms with Gasteiger partial charge in [-0.15, -0.1) is 0 Å². The third kappa shape index (κ3) is 63.2. The molecule has 0 aliphatic heterocycles. The van der Waals surface area contributed by atoms with Gasteiger partial charge in [-0.1, -0.05) is 281 Å². The van der Waals surface area contributed by atoms with Crippen LogP contribution in [0.5, 0.6) is 0 Å². The number of carbonyl (C=O) groups is 2. The molecule has 0 aromatic carbocycles. The van der Waals surface area contributed by atoms with E-state index in [1.54, 1.807) is 0 Å². The number of ether oxygens (including phenoxy) is 2. The molecule has 0 bridgehead atoms. The first kappa shape index (κ1) is 76.0. The average Bonchev–Trinajstić information content (AvgIpc) is 3.41. The second-order valence-electron chi connectivity index (χ2n) is 23.9. The minimum absolute atomic E-state index is 0.0327. The van der Waals surface area contributed by atoms with Crippen LogP contribution in [0.4, 0.5) is 0 Å². The van der Waals surface area contributed by atoms with E-state index in [4.69, 9.17) is 18.5 Å². The Morgan fingerprint density at radius 3 is 1.01 bits per heavy atom. The zero-order valence-electron chi connectivity index (χ0n) is 52.2. The van der Waals surface area contributed by atoms with Gasteiger partial charge in [-0.2, -0.15) is 0 Å². The number of hydrogen-bond acceptors (Lipinski definition) is 7. The summed E-state index contributed by atoms with van der Waals surface area (Å²) in [5.41, 5.74) is 0. The number of carbonyl (C=O) groups excluding carboxylic acids is 2. The molecule has 1 N–H and O–H groups in total. The molecule has 0 aliphatic rings. The number of phosphoric ester groups is 1. The Kier molecular flexibility index (Phi) is 58.0. The quantitative estimate of drug-likeness (QED) is 0.0211. The zero-order valence-corrected chi connectivity index (χ0v) is 53.1. The van der Waals surface area contributed by atoms with Crippen molar-refractivity contribution in [1.82, 2.24) is 0 Å². The smallest absolute Gasteiger partial charge is 0.462 e. The molecule has 0 radical (unpaired) electrons. The molecule has 0 aromatic rings. The predicted octanol–water partition coefficient (Wildman–Crippen LogP) is 21.3. The lowest BCUT2D eigenvalue weighted by Crippen LogP contribution is -2.37. The number of allylic oxidation sites excluding steroid dienone is 8. The normalized spacial score (nSPS) is 13.5. The van der Waals surface area contributed by atoms with E-state index in [-0.39, 0.29) is 25.6 Å². The summed E-state index contributed by atoms with van der Waals surface area (Å²) in [6.45, 7) is 4.46. The molecule has 0 fully saturated rings. The summed E-state index contributed by atoms with van der Waals surface area (Å²) in [5.74, 6) is -0.783. The fraction of sp³-hybridized carbons (Fsp3) is 0.853. The first-order valence-corrected chi connectivity index (χ1v) is 34.9. The van der Waals surface area contributed by atoms with Gasteiger partial charge >= 0.3 is 19.8 Å². The van der Waals surface area contributed by atoms with Gasteiger partial charge in [0.2, 0.25) is 0 Å². The highest BCUT2D eigenvalue weighted by Crippen LogP contribution is 2.43. The second kappa shape index (κ2) is 59.6. The largest absolute Gasteiger partial charge is 0.472 e. The minimum atomic E-state index is -4.39. The summed E-state index contributed by atoms with van der Waals surface area (Å²) in [6.07, 6.45) is 76.3. The maximum Gasteiger partial charge on any atom is 0.472 e. The molecule has 0 spiro atoms. The molecule has 0 aliphatic carbocycles. The number of quaternary nitrogens is 1. The Balaban J connectivity index is 4.05. The number of likely N-dealkylation sites (N-methyl/N-ethyl adjacent to an activating group) is 1. The summed E-state index contributed by atoms with van der Waals surface area (Å²) < 4.78 is 34.7. The van der Waals surface area contributed by atoms with Crippen LogP contribution in [0, 0.1) is 0 Å². The van der Waals surface area contributed by atoms with Crippen LogP contribution in [0.15, 0.2) is 48.6 Å². The van der Waals surface area contributed by atoms with Crippen LogP contribution in [0.3, 0.4) is 0 Å². The van der Waals surface area contributed by atoms with Crippen molar-refractivity contribution >= 4 is 19.8 Å². The Bertz CT molecular complexity index is 1460. The van der Waals surface area contributed by atoms with Crippen LogP contribution in [0.1, 0.15) is 322 Å².